The summed E-state index contributed by atoms with van der Waals surface area (Å²) < 4.78 is 0.825. The number of aromatic nitrogens is 1. The van der Waals surface area contributed by atoms with Crippen LogP contribution in [-0.2, 0) is 0 Å². The second-order valence-corrected chi connectivity index (χ2v) is 4.16. The van der Waals surface area contributed by atoms with Crippen molar-refractivity contribution in [2.45, 2.75) is 13.3 Å². The van der Waals surface area contributed by atoms with E-state index in [2.05, 4.69) is 20.9 Å². The van der Waals surface area contributed by atoms with E-state index in [4.69, 9.17) is 5.26 Å². The Morgan fingerprint density at radius 3 is 2.88 bits per heavy atom. The Kier molecular flexibility index (Phi) is 4.93. The largest absolute Gasteiger partial charge is 0.324 e. The minimum absolute atomic E-state index is 0.102. The van der Waals surface area contributed by atoms with Crippen molar-refractivity contribution in [1.82, 2.24) is 9.88 Å². The molecule has 1 heterocycles. The molecule has 1 amide bonds. The van der Waals surface area contributed by atoms with Gasteiger partial charge in [0, 0.05) is 17.2 Å². The minimum Gasteiger partial charge on any atom is -0.324 e. The zero-order chi connectivity index (χ0) is 12.0. The third-order valence-electron chi connectivity index (χ3n) is 1.99. The van der Waals surface area contributed by atoms with E-state index >= 15 is 0 Å². The molecular weight excluding hydrogens is 270 g/mol. The Balaban J connectivity index is 2.82. The number of rotatable bonds is 4. The second-order valence-electron chi connectivity index (χ2n) is 3.25. The normalized spacial score (nSPS) is 9.56. The van der Waals surface area contributed by atoms with Crippen molar-refractivity contribution in [2.24, 2.45) is 0 Å². The lowest BCUT2D eigenvalue weighted by molar-refractivity contribution is 0.0770. The van der Waals surface area contributed by atoms with Crippen LogP contribution in [0.5, 0.6) is 0 Å². The zero-order valence-corrected chi connectivity index (χ0v) is 10.6. The lowest BCUT2D eigenvalue weighted by Crippen LogP contribution is -2.32. The first kappa shape index (κ1) is 12.7. The van der Waals surface area contributed by atoms with E-state index in [1.165, 1.54) is 4.90 Å². The molecule has 0 saturated carbocycles. The van der Waals surface area contributed by atoms with Gasteiger partial charge in [-0.3, -0.25) is 4.79 Å². The molecular formula is C11H12BrN3O. The molecule has 4 nitrogen and oxygen atoms in total. The minimum atomic E-state index is -0.198. The van der Waals surface area contributed by atoms with E-state index in [0.717, 1.165) is 10.9 Å². The summed E-state index contributed by atoms with van der Waals surface area (Å²) >= 11 is 3.25. The van der Waals surface area contributed by atoms with Gasteiger partial charge in [0.15, 0.2) is 0 Å². The molecule has 16 heavy (non-hydrogen) atoms. The number of nitrogens with zero attached hydrogens (tertiary/aromatic N) is 3. The van der Waals surface area contributed by atoms with E-state index in [9.17, 15) is 4.79 Å². The van der Waals surface area contributed by atoms with E-state index < -0.39 is 0 Å². The molecule has 1 aromatic rings. The van der Waals surface area contributed by atoms with Crippen LogP contribution in [-0.4, -0.2) is 28.9 Å². The summed E-state index contributed by atoms with van der Waals surface area (Å²) in [5.74, 6) is -0.198. The van der Waals surface area contributed by atoms with Gasteiger partial charge in [0.2, 0.25) is 0 Å². The summed E-state index contributed by atoms with van der Waals surface area (Å²) in [6.07, 6.45) is 2.40. The average Bonchev–Trinajstić information content (AvgIpc) is 2.29. The SMILES string of the molecule is CCCN(CC#N)C(=O)c1ccc(Br)cn1. The summed E-state index contributed by atoms with van der Waals surface area (Å²) in [5, 5.41) is 8.63. The van der Waals surface area contributed by atoms with Crippen molar-refractivity contribution < 1.29 is 4.79 Å². The van der Waals surface area contributed by atoms with Crippen molar-refractivity contribution >= 4 is 21.8 Å². The molecule has 0 fully saturated rings. The van der Waals surface area contributed by atoms with E-state index in [1.807, 2.05) is 13.0 Å². The number of amides is 1. The molecule has 0 radical (unpaired) electrons. The summed E-state index contributed by atoms with van der Waals surface area (Å²) in [6, 6.07) is 5.39. The van der Waals surface area contributed by atoms with Crippen molar-refractivity contribution in [3.8, 4) is 6.07 Å². The lowest BCUT2D eigenvalue weighted by Gasteiger charge is -2.17. The Morgan fingerprint density at radius 1 is 1.62 bits per heavy atom. The van der Waals surface area contributed by atoms with Crippen LogP contribution in [0.15, 0.2) is 22.8 Å². The van der Waals surface area contributed by atoms with Gasteiger partial charge >= 0.3 is 0 Å². The number of hydrogen-bond acceptors (Lipinski definition) is 3. The van der Waals surface area contributed by atoms with Gasteiger partial charge in [-0.05, 0) is 34.5 Å². The third kappa shape index (κ3) is 3.31. The maximum Gasteiger partial charge on any atom is 0.273 e. The highest BCUT2D eigenvalue weighted by atomic mass is 79.9. The van der Waals surface area contributed by atoms with E-state index in [-0.39, 0.29) is 12.5 Å². The fraction of sp³-hybridized carbons (Fsp3) is 0.364. The highest BCUT2D eigenvalue weighted by Gasteiger charge is 2.15. The molecule has 84 valence electrons. The van der Waals surface area contributed by atoms with Gasteiger partial charge in [-0.15, -0.1) is 0 Å². The summed E-state index contributed by atoms with van der Waals surface area (Å²) in [7, 11) is 0. The Morgan fingerprint density at radius 2 is 2.38 bits per heavy atom. The van der Waals surface area contributed by atoms with Crippen LogP contribution in [0.3, 0.4) is 0 Å². The van der Waals surface area contributed by atoms with Crippen molar-refractivity contribution in [1.29, 1.82) is 5.26 Å². The first-order chi connectivity index (χ1) is 7.69. The molecule has 0 atom stereocenters. The van der Waals surface area contributed by atoms with Gasteiger partial charge in [0.1, 0.15) is 12.2 Å². The van der Waals surface area contributed by atoms with Crippen LogP contribution >= 0.6 is 15.9 Å². The number of carbonyl (C=O) groups is 1. The number of halogens is 1. The molecule has 1 aromatic heterocycles. The smallest absolute Gasteiger partial charge is 0.273 e. The quantitative estimate of drug-likeness (QED) is 0.796. The van der Waals surface area contributed by atoms with Crippen LogP contribution in [0.4, 0.5) is 0 Å². The maximum absolute atomic E-state index is 11.9. The van der Waals surface area contributed by atoms with Crippen molar-refractivity contribution in [3.05, 3.63) is 28.5 Å². The van der Waals surface area contributed by atoms with Gasteiger partial charge in [-0.2, -0.15) is 5.26 Å². The zero-order valence-electron chi connectivity index (χ0n) is 8.98. The molecule has 0 N–H and O–H groups in total. The van der Waals surface area contributed by atoms with Crippen LogP contribution < -0.4 is 0 Å². The molecule has 0 aliphatic carbocycles. The Hall–Kier alpha value is -1.41. The van der Waals surface area contributed by atoms with Gasteiger partial charge in [-0.1, -0.05) is 6.92 Å². The number of nitriles is 1. The van der Waals surface area contributed by atoms with Crippen LogP contribution in [0, 0.1) is 11.3 Å². The molecule has 0 aliphatic rings. The summed E-state index contributed by atoms with van der Waals surface area (Å²) in [4.78, 5) is 17.4. The second kappa shape index (κ2) is 6.23. The molecule has 0 saturated heterocycles. The maximum atomic E-state index is 11.9. The molecule has 0 spiro atoms. The topological polar surface area (TPSA) is 57.0 Å². The van der Waals surface area contributed by atoms with Crippen molar-refractivity contribution in [2.75, 3.05) is 13.1 Å². The molecule has 0 aromatic carbocycles. The number of carbonyl (C=O) groups excluding carboxylic acids is 1. The highest BCUT2D eigenvalue weighted by molar-refractivity contribution is 9.10. The van der Waals surface area contributed by atoms with Crippen molar-refractivity contribution in [3.63, 3.8) is 0 Å². The summed E-state index contributed by atoms with van der Waals surface area (Å²) in [5.41, 5.74) is 0.368. The van der Waals surface area contributed by atoms with Gasteiger partial charge < -0.3 is 4.90 Å². The highest BCUT2D eigenvalue weighted by Crippen LogP contribution is 2.09. The predicted molar refractivity (Wildman–Crippen MR) is 63.7 cm³/mol. The first-order valence-electron chi connectivity index (χ1n) is 4.96. The average molecular weight is 282 g/mol. The Labute approximate surface area is 103 Å². The molecule has 0 aliphatic heterocycles. The van der Waals surface area contributed by atoms with Crippen LogP contribution in [0.1, 0.15) is 23.8 Å². The lowest BCUT2D eigenvalue weighted by atomic mass is 10.3. The molecule has 5 heteroatoms. The predicted octanol–water partition coefficient (Wildman–Crippen LogP) is 2.22. The Bertz CT molecular complexity index is 397. The van der Waals surface area contributed by atoms with Crippen LogP contribution in [0.25, 0.3) is 0 Å². The molecule has 1 rings (SSSR count). The molecule has 0 bridgehead atoms. The van der Waals surface area contributed by atoms with Gasteiger partial charge in [0.25, 0.3) is 5.91 Å². The summed E-state index contributed by atoms with van der Waals surface area (Å²) in [6.45, 7) is 2.64. The number of pyridine rings is 1. The monoisotopic (exact) mass is 281 g/mol. The van der Waals surface area contributed by atoms with E-state index in [0.29, 0.717) is 12.2 Å². The standard InChI is InChI=1S/C11H12BrN3O/c1-2-6-15(7-5-13)11(16)10-4-3-9(12)8-14-10/h3-4,8H,2,6-7H2,1H3. The third-order valence-corrected chi connectivity index (χ3v) is 2.46. The van der Waals surface area contributed by atoms with E-state index in [1.54, 1.807) is 18.3 Å². The fourth-order valence-corrected chi connectivity index (χ4v) is 1.51. The number of hydrogen-bond donors (Lipinski definition) is 0. The van der Waals surface area contributed by atoms with Crippen LogP contribution in [0.2, 0.25) is 0 Å². The fourth-order valence-electron chi connectivity index (χ4n) is 1.27. The van der Waals surface area contributed by atoms with Gasteiger partial charge in [0.05, 0.1) is 6.07 Å². The van der Waals surface area contributed by atoms with Gasteiger partial charge in [-0.25, -0.2) is 4.98 Å². The first-order valence-corrected chi connectivity index (χ1v) is 5.76. The molecule has 0 unspecified atom stereocenters.